The number of para-hydroxylation sites is 1. The van der Waals surface area contributed by atoms with Gasteiger partial charge in [0.15, 0.2) is 0 Å². The van der Waals surface area contributed by atoms with Gasteiger partial charge in [-0.3, -0.25) is 0 Å². The Bertz CT molecular complexity index is 851. The van der Waals surface area contributed by atoms with E-state index >= 15 is 0 Å². The second-order valence-corrected chi connectivity index (χ2v) is 7.44. The molecule has 3 rings (SSSR count). The van der Waals surface area contributed by atoms with Gasteiger partial charge in [0.2, 0.25) is 0 Å². The Hall–Kier alpha value is -1.98. The SMILES string of the molecule is CN(C)c1ccc2c(NCCCSCCO)c3ccccc3nc2c1. The molecule has 0 aliphatic carbocycles. The van der Waals surface area contributed by atoms with Crippen molar-refractivity contribution in [2.24, 2.45) is 0 Å². The fraction of sp³-hybridized carbons (Fsp3) is 0.350. The number of nitrogens with zero attached hydrogens (tertiary/aromatic N) is 2. The van der Waals surface area contributed by atoms with E-state index in [1.54, 1.807) is 11.8 Å². The predicted molar refractivity (Wildman–Crippen MR) is 111 cm³/mol. The molecule has 0 aliphatic rings. The van der Waals surface area contributed by atoms with Gasteiger partial charge >= 0.3 is 0 Å². The minimum Gasteiger partial charge on any atom is -0.396 e. The van der Waals surface area contributed by atoms with Crippen LogP contribution in [0.25, 0.3) is 21.8 Å². The van der Waals surface area contributed by atoms with Crippen molar-refractivity contribution in [1.29, 1.82) is 0 Å². The number of rotatable bonds is 8. The Balaban J connectivity index is 1.92. The van der Waals surface area contributed by atoms with Crippen LogP contribution in [0, 0.1) is 0 Å². The number of benzene rings is 2. The molecule has 2 aromatic carbocycles. The summed E-state index contributed by atoms with van der Waals surface area (Å²) in [6.07, 6.45) is 1.07. The van der Waals surface area contributed by atoms with E-state index in [1.807, 2.05) is 20.2 Å². The molecule has 0 fully saturated rings. The van der Waals surface area contributed by atoms with Crippen LogP contribution in [-0.2, 0) is 0 Å². The van der Waals surface area contributed by atoms with Gasteiger partial charge in [-0.15, -0.1) is 0 Å². The number of hydrogen-bond donors (Lipinski definition) is 2. The van der Waals surface area contributed by atoms with Gasteiger partial charge in [-0.25, -0.2) is 4.98 Å². The van der Waals surface area contributed by atoms with Gasteiger partial charge < -0.3 is 15.3 Å². The van der Waals surface area contributed by atoms with Gasteiger partial charge in [-0.1, -0.05) is 18.2 Å². The molecule has 25 heavy (non-hydrogen) atoms. The largest absolute Gasteiger partial charge is 0.396 e. The Morgan fingerprint density at radius 2 is 1.84 bits per heavy atom. The number of hydrogen-bond acceptors (Lipinski definition) is 5. The number of fused-ring (bicyclic) bond motifs is 2. The molecule has 0 saturated carbocycles. The zero-order chi connectivity index (χ0) is 17.6. The smallest absolute Gasteiger partial charge is 0.0751 e. The maximum absolute atomic E-state index is 8.85. The lowest BCUT2D eigenvalue weighted by atomic mass is 10.1. The predicted octanol–water partition coefficient (Wildman–Crippen LogP) is 3.98. The molecule has 0 spiro atoms. The molecular weight excluding hydrogens is 330 g/mol. The molecule has 1 aromatic heterocycles. The standard InChI is InChI=1S/C20H25N3OS/c1-23(2)15-8-9-17-19(14-15)22-18-7-4-3-6-16(18)20(17)21-10-5-12-25-13-11-24/h3-4,6-9,14,24H,5,10-13H2,1-2H3,(H,21,22). The molecule has 0 bridgehead atoms. The number of aromatic nitrogens is 1. The molecule has 2 N–H and O–H groups in total. The summed E-state index contributed by atoms with van der Waals surface area (Å²) in [7, 11) is 4.09. The van der Waals surface area contributed by atoms with Crippen LogP contribution in [0.15, 0.2) is 42.5 Å². The van der Waals surface area contributed by atoms with Gasteiger partial charge in [0, 0.05) is 42.9 Å². The van der Waals surface area contributed by atoms with Crippen LogP contribution in [0.4, 0.5) is 11.4 Å². The summed E-state index contributed by atoms with van der Waals surface area (Å²) >= 11 is 1.79. The van der Waals surface area contributed by atoms with Crippen LogP contribution in [0.3, 0.4) is 0 Å². The highest BCUT2D eigenvalue weighted by Crippen LogP contribution is 2.32. The van der Waals surface area contributed by atoms with Crippen molar-refractivity contribution in [3.8, 4) is 0 Å². The minimum atomic E-state index is 0.256. The lowest BCUT2D eigenvalue weighted by Gasteiger charge is -2.16. The molecule has 3 aromatic rings. The normalized spacial score (nSPS) is 11.2. The minimum absolute atomic E-state index is 0.256. The van der Waals surface area contributed by atoms with Gasteiger partial charge in [0.25, 0.3) is 0 Å². The molecule has 1 heterocycles. The summed E-state index contributed by atoms with van der Waals surface area (Å²) in [6.45, 7) is 1.17. The molecule has 0 atom stereocenters. The van der Waals surface area contributed by atoms with Crippen molar-refractivity contribution in [1.82, 2.24) is 4.98 Å². The van der Waals surface area contributed by atoms with Gasteiger partial charge in [0.1, 0.15) is 0 Å². The van der Waals surface area contributed by atoms with Crippen LogP contribution in [0.2, 0.25) is 0 Å². The molecule has 0 aliphatic heterocycles. The molecule has 0 saturated heterocycles. The highest BCUT2D eigenvalue weighted by atomic mass is 32.2. The third-order valence-electron chi connectivity index (χ3n) is 4.18. The number of nitrogens with one attached hydrogen (secondary N) is 1. The van der Waals surface area contributed by atoms with Crippen LogP contribution in [0.1, 0.15) is 6.42 Å². The Labute approximate surface area is 153 Å². The van der Waals surface area contributed by atoms with Gasteiger partial charge in [-0.2, -0.15) is 11.8 Å². The van der Waals surface area contributed by atoms with Crippen molar-refractivity contribution in [2.75, 3.05) is 49.0 Å². The van der Waals surface area contributed by atoms with Crippen molar-refractivity contribution < 1.29 is 5.11 Å². The lowest BCUT2D eigenvalue weighted by Crippen LogP contribution is -2.09. The third kappa shape index (κ3) is 4.17. The highest BCUT2D eigenvalue weighted by molar-refractivity contribution is 7.99. The van der Waals surface area contributed by atoms with E-state index in [2.05, 4.69) is 46.6 Å². The number of aliphatic hydroxyl groups excluding tert-OH is 1. The first-order chi connectivity index (χ1) is 12.2. The first-order valence-corrected chi connectivity index (χ1v) is 9.78. The number of pyridine rings is 1. The van der Waals surface area contributed by atoms with Crippen molar-refractivity contribution in [3.63, 3.8) is 0 Å². The molecular formula is C20H25N3OS. The second-order valence-electron chi connectivity index (χ2n) is 6.22. The summed E-state index contributed by atoms with van der Waals surface area (Å²) in [5.41, 5.74) is 4.35. The van der Waals surface area contributed by atoms with E-state index in [0.29, 0.717) is 0 Å². The van der Waals surface area contributed by atoms with Crippen molar-refractivity contribution in [2.45, 2.75) is 6.42 Å². The lowest BCUT2D eigenvalue weighted by molar-refractivity contribution is 0.322. The number of aliphatic hydroxyl groups is 1. The zero-order valence-corrected chi connectivity index (χ0v) is 15.6. The van der Waals surface area contributed by atoms with E-state index in [1.165, 1.54) is 0 Å². The van der Waals surface area contributed by atoms with Crippen molar-refractivity contribution >= 4 is 44.9 Å². The quantitative estimate of drug-likeness (QED) is 0.473. The molecule has 5 heteroatoms. The van der Waals surface area contributed by atoms with Crippen LogP contribution < -0.4 is 10.2 Å². The van der Waals surface area contributed by atoms with Gasteiger partial charge in [0.05, 0.1) is 23.3 Å². The summed E-state index contributed by atoms with van der Waals surface area (Å²) in [4.78, 5) is 6.95. The van der Waals surface area contributed by atoms with Crippen LogP contribution in [0.5, 0.6) is 0 Å². The fourth-order valence-corrected chi connectivity index (χ4v) is 3.59. The third-order valence-corrected chi connectivity index (χ3v) is 5.23. The maximum Gasteiger partial charge on any atom is 0.0751 e. The number of thioether (sulfide) groups is 1. The van der Waals surface area contributed by atoms with Crippen molar-refractivity contribution in [3.05, 3.63) is 42.5 Å². The summed E-state index contributed by atoms with van der Waals surface area (Å²) in [6, 6.07) is 14.7. The average Bonchev–Trinajstić information content (AvgIpc) is 2.63. The second kappa shape index (κ2) is 8.41. The molecule has 0 amide bonds. The topological polar surface area (TPSA) is 48.4 Å². The Kier molecular flexibility index (Phi) is 6.00. The maximum atomic E-state index is 8.85. The highest BCUT2D eigenvalue weighted by Gasteiger charge is 2.09. The zero-order valence-electron chi connectivity index (χ0n) is 14.8. The molecule has 132 valence electrons. The molecule has 4 nitrogen and oxygen atoms in total. The van der Waals surface area contributed by atoms with E-state index in [-0.39, 0.29) is 6.61 Å². The fourth-order valence-electron chi connectivity index (χ4n) is 2.90. The van der Waals surface area contributed by atoms with Crippen LogP contribution >= 0.6 is 11.8 Å². The van der Waals surface area contributed by atoms with E-state index in [4.69, 9.17) is 10.1 Å². The monoisotopic (exact) mass is 355 g/mol. The first-order valence-electron chi connectivity index (χ1n) is 8.63. The first kappa shape index (κ1) is 17.8. The Morgan fingerprint density at radius 3 is 2.64 bits per heavy atom. The van der Waals surface area contributed by atoms with Crippen LogP contribution in [-0.4, -0.2) is 48.8 Å². The summed E-state index contributed by atoms with van der Waals surface area (Å²) < 4.78 is 0. The Morgan fingerprint density at radius 1 is 1.04 bits per heavy atom. The molecule has 0 unspecified atom stereocenters. The van der Waals surface area contributed by atoms with Gasteiger partial charge in [-0.05, 0) is 36.4 Å². The average molecular weight is 356 g/mol. The number of anilines is 2. The van der Waals surface area contributed by atoms with E-state index < -0.39 is 0 Å². The summed E-state index contributed by atoms with van der Waals surface area (Å²) in [5, 5.41) is 14.8. The van der Waals surface area contributed by atoms with E-state index in [0.717, 1.165) is 57.7 Å². The van der Waals surface area contributed by atoms with E-state index in [9.17, 15) is 0 Å². The summed E-state index contributed by atoms with van der Waals surface area (Å²) in [5.74, 6) is 1.87. The molecule has 0 radical (unpaired) electrons.